The van der Waals surface area contributed by atoms with Crippen molar-refractivity contribution in [2.75, 3.05) is 13.7 Å². The first-order chi connectivity index (χ1) is 10.2. The molecule has 0 spiro atoms. The standard InChI is InChI=1S/C17H22N2O2/c1-12-17(13(2)21-18-12)16-5-4-10-19(16)11-14-6-8-15(20-3)9-7-14/h6-9,16H,4-5,10-11H2,1-3H3/t16-/m0/s1. The van der Waals surface area contributed by atoms with E-state index < -0.39 is 0 Å². The highest BCUT2D eigenvalue weighted by molar-refractivity contribution is 5.29. The van der Waals surface area contributed by atoms with Crippen LogP contribution in [0.25, 0.3) is 0 Å². The van der Waals surface area contributed by atoms with Gasteiger partial charge in [0.2, 0.25) is 0 Å². The van der Waals surface area contributed by atoms with E-state index in [1.807, 2.05) is 26.0 Å². The second-order valence-electron chi connectivity index (χ2n) is 5.71. The van der Waals surface area contributed by atoms with Crippen molar-refractivity contribution in [2.45, 2.75) is 39.3 Å². The lowest BCUT2D eigenvalue weighted by atomic mass is 10.0. The Balaban J connectivity index is 1.78. The van der Waals surface area contributed by atoms with Gasteiger partial charge in [0.1, 0.15) is 11.5 Å². The molecule has 0 saturated carbocycles. The lowest BCUT2D eigenvalue weighted by Crippen LogP contribution is -2.23. The maximum absolute atomic E-state index is 5.34. The van der Waals surface area contributed by atoms with Crippen LogP contribution in [-0.2, 0) is 6.54 Å². The Morgan fingerprint density at radius 2 is 2.05 bits per heavy atom. The maximum atomic E-state index is 5.34. The first-order valence-corrected chi connectivity index (χ1v) is 7.49. The molecular weight excluding hydrogens is 264 g/mol. The Kier molecular flexibility index (Phi) is 3.97. The fourth-order valence-electron chi connectivity index (χ4n) is 3.27. The smallest absolute Gasteiger partial charge is 0.138 e. The van der Waals surface area contributed by atoms with Gasteiger partial charge < -0.3 is 9.26 Å². The summed E-state index contributed by atoms with van der Waals surface area (Å²) in [6.45, 7) is 6.13. The first kappa shape index (κ1) is 14.1. The second kappa shape index (κ2) is 5.90. The predicted octanol–water partition coefficient (Wildman–Crippen LogP) is 3.64. The summed E-state index contributed by atoms with van der Waals surface area (Å²) < 4.78 is 10.6. The summed E-state index contributed by atoms with van der Waals surface area (Å²) in [6, 6.07) is 8.76. The molecule has 112 valence electrons. The number of benzene rings is 1. The Morgan fingerprint density at radius 1 is 1.29 bits per heavy atom. The number of ether oxygens (including phenoxy) is 1. The summed E-state index contributed by atoms with van der Waals surface area (Å²) in [5.41, 5.74) is 3.62. The third-order valence-electron chi connectivity index (χ3n) is 4.33. The van der Waals surface area contributed by atoms with Crippen LogP contribution in [0, 0.1) is 13.8 Å². The van der Waals surface area contributed by atoms with Gasteiger partial charge >= 0.3 is 0 Å². The third kappa shape index (κ3) is 2.81. The SMILES string of the molecule is COc1ccc(CN2CCC[C@H]2c2c(C)noc2C)cc1. The quantitative estimate of drug-likeness (QED) is 0.860. The van der Waals surface area contributed by atoms with Gasteiger partial charge in [0.05, 0.1) is 12.8 Å². The minimum Gasteiger partial charge on any atom is -0.497 e. The molecule has 3 rings (SSSR count). The van der Waals surface area contributed by atoms with Crippen molar-refractivity contribution in [1.82, 2.24) is 10.1 Å². The van der Waals surface area contributed by atoms with Crippen molar-refractivity contribution < 1.29 is 9.26 Å². The van der Waals surface area contributed by atoms with E-state index in [2.05, 4.69) is 22.2 Å². The summed E-state index contributed by atoms with van der Waals surface area (Å²) >= 11 is 0. The van der Waals surface area contributed by atoms with Crippen LogP contribution in [0.5, 0.6) is 5.75 Å². The number of hydrogen-bond acceptors (Lipinski definition) is 4. The van der Waals surface area contributed by atoms with Gasteiger partial charge in [-0.15, -0.1) is 0 Å². The van der Waals surface area contributed by atoms with Crippen LogP contribution < -0.4 is 4.74 Å². The minimum absolute atomic E-state index is 0.429. The Morgan fingerprint density at radius 3 is 2.67 bits per heavy atom. The number of hydrogen-bond donors (Lipinski definition) is 0. The van der Waals surface area contributed by atoms with Crippen molar-refractivity contribution in [1.29, 1.82) is 0 Å². The zero-order valence-electron chi connectivity index (χ0n) is 12.9. The molecule has 0 aliphatic carbocycles. The van der Waals surface area contributed by atoms with Crippen LogP contribution in [0.4, 0.5) is 0 Å². The predicted molar refractivity (Wildman–Crippen MR) is 81.4 cm³/mol. The second-order valence-corrected chi connectivity index (χ2v) is 5.71. The van der Waals surface area contributed by atoms with E-state index in [0.29, 0.717) is 6.04 Å². The molecule has 0 unspecified atom stereocenters. The Hall–Kier alpha value is -1.81. The lowest BCUT2D eigenvalue weighted by Gasteiger charge is -2.24. The van der Waals surface area contributed by atoms with Crippen molar-refractivity contribution in [3.8, 4) is 5.75 Å². The third-order valence-corrected chi connectivity index (χ3v) is 4.33. The molecule has 4 nitrogen and oxygen atoms in total. The Labute approximate surface area is 125 Å². The highest BCUT2D eigenvalue weighted by Crippen LogP contribution is 2.36. The minimum atomic E-state index is 0.429. The van der Waals surface area contributed by atoms with E-state index in [4.69, 9.17) is 9.26 Å². The maximum Gasteiger partial charge on any atom is 0.138 e. The van der Waals surface area contributed by atoms with E-state index in [1.165, 1.54) is 24.0 Å². The molecule has 1 saturated heterocycles. The molecule has 2 aromatic rings. The fraction of sp³-hybridized carbons (Fsp3) is 0.471. The van der Waals surface area contributed by atoms with Crippen LogP contribution in [0.2, 0.25) is 0 Å². The van der Waals surface area contributed by atoms with E-state index in [9.17, 15) is 0 Å². The molecule has 2 heterocycles. The summed E-state index contributed by atoms with van der Waals surface area (Å²) in [4.78, 5) is 2.52. The van der Waals surface area contributed by atoms with Crippen LogP contribution in [0.15, 0.2) is 28.8 Å². The van der Waals surface area contributed by atoms with Gasteiger partial charge in [-0.05, 0) is 50.9 Å². The number of rotatable bonds is 4. The highest BCUT2D eigenvalue weighted by atomic mass is 16.5. The van der Waals surface area contributed by atoms with Gasteiger partial charge in [-0.25, -0.2) is 0 Å². The molecule has 1 aromatic carbocycles. The van der Waals surface area contributed by atoms with Gasteiger partial charge in [-0.1, -0.05) is 17.3 Å². The van der Waals surface area contributed by atoms with Crippen LogP contribution >= 0.6 is 0 Å². The zero-order valence-corrected chi connectivity index (χ0v) is 12.9. The van der Waals surface area contributed by atoms with Gasteiger partial charge in [-0.3, -0.25) is 4.90 Å². The van der Waals surface area contributed by atoms with Crippen molar-refractivity contribution in [3.63, 3.8) is 0 Å². The van der Waals surface area contributed by atoms with Gasteiger partial charge in [0.15, 0.2) is 0 Å². The number of methoxy groups -OCH3 is 1. The van der Waals surface area contributed by atoms with Gasteiger partial charge in [0, 0.05) is 18.2 Å². The number of nitrogens with zero attached hydrogens (tertiary/aromatic N) is 2. The van der Waals surface area contributed by atoms with E-state index in [1.54, 1.807) is 7.11 Å². The number of aryl methyl sites for hydroxylation is 2. The van der Waals surface area contributed by atoms with Crippen LogP contribution in [0.3, 0.4) is 0 Å². The molecule has 0 amide bonds. The number of likely N-dealkylation sites (tertiary alicyclic amines) is 1. The van der Waals surface area contributed by atoms with Crippen molar-refractivity contribution >= 4 is 0 Å². The average molecular weight is 286 g/mol. The lowest BCUT2D eigenvalue weighted by molar-refractivity contribution is 0.245. The number of aromatic nitrogens is 1. The normalized spacial score (nSPS) is 19.1. The van der Waals surface area contributed by atoms with E-state index >= 15 is 0 Å². The van der Waals surface area contributed by atoms with E-state index in [-0.39, 0.29) is 0 Å². The molecule has 21 heavy (non-hydrogen) atoms. The summed E-state index contributed by atoms with van der Waals surface area (Å²) in [5, 5.41) is 4.11. The topological polar surface area (TPSA) is 38.5 Å². The molecular formula is C17H22N2O2. The zero-order chi connectivity index (χ0) is 14.8. The van der Waals surface area contributed by atoms with E-state index in [0.717, 1.165) is 30.3 Å². The molecule has 1 aromatic heterocycles. The van der Waals surface area contributed by atoms with Crippen LogP contribution in [-0.4, -0.2) is 23.7 Å². The molecule has 4 heteroatoms. The van der Waals surface area contributed by atoms with Gasteiger partial charge in [-0.2, -0.15) is 0 Å². The molecule has 0 bridgehead atoms. The molecule has 1 fully saturated rings. The molecule has 0 radical (unpaired) electrons. The molecule has 0 N–H and O–H groups in total. The fourth-order valence-corrected chi connectivity index (χ4v) is 3.27. The molecule has 1 aliphatic rings. The Bertz CT molecular complexity index is 584. The molecule has 1 atom stereocenters. The van der Waals surface area contributed by atoms with Crippen molar-refractivity contribution in [2.24, 2.45) is 0 Å². The van der Waals surface area contributed by atoms with Gasteiger partial charge in [0.25, 0.3) is 0 Å². The summed E-state index contributed by atoms with van der Waals surface area (Å²) in [5.74, 6) is 1.86. The summed E-state index contributed by atoms with van der Waals surface area (Å²) in [7, 11) is 1.70. The first-order valence-electron chi connectivity index (χ1n) is 7.49. The van der Waals surface area contributed by atoms with Crippen molar-refractivity contribution in [3.05, 3.63) is 46.8 Å². The monoisotopic (exact) mass is 286 g/mol. The average Bonchev–Trinajstić information content (AvgIpc) is 3.06. The largest absolute Gasteiger partial charge is 0.497 e. The molecule has 1 aliphatic heterocycles. The summed E-state index contributed by atoms with van der Waals surface area (Å²) in [6.07, 6.45) is 2.41. The van der Waals surface area contributed by atoms with Crippen LogP contribution in [0.1, 0.15) is 41.5 Å². The highest BCUT2D eigenvalue weighted by Gasteiger charge is 2.30.